The zero-order valence-corrected chi connectivity index (χ0v) is 20.6. The van der Waals surface area contributed by atoms with E-state index < -0.39 is 5.97 Å². The summed E-state index contributed by atoms with van der Waals surface area (Å²) < 4.78 is 11.2. The Morgan fingerprint density at radius 2 is 2.03 bits per heavy atom. The normalized spacial score (nSPS) is 12.4. The molecule has 4 rings (SSSR count). The van der Waals surface area contributed by atoms with Crippen molar-refractivity contribution in [2.75, 3.05) is 18.2 Å². The minimum atomic E-state index is -0.860. The van der Waals surface area contributed by atoms with E-state index in [2.05, 4.69) is 13.8 Å². The number of carboxylic acids is 1. The number of anilines is 1. The average molecular weight is 507 g/mol. The summed E-state index contributed by atoms with van der Waals surface area (Å²) in [5, 5.41) is 11.0. The summed E-state index contributed by atoms with van der Waals surface area (Å²) in [5.41, 5.74) is 2.66. The van der Waals surface area contributed by atoms with E-state index in [1.54, 1.807) is 17.4 Å². The number of nitrogens with zero attached hydrogens (tertiary/aromatic N) is 2. The molecule has 33 heavy (non-hydrogen) atoms. The van der Waals surface area contributed by atoms with Gasteiger partial charge in [0.15, 0.2) is 16.6 Å². The number of hydrogen-bond acceptors (Lipinski definition) is 6. The van der Waals surface area contributed by atoms with Gasteiger partial charge in [0.1, 0.15) is 0 Å². The van der Waals surface area contributed by atoms with Crippen molar-refractivity contribution in [3.8, 4) is 22.8 Å². The molecule has 2 heterocycles. The first-order chi connectivity index (χ1) is 15.8. The van der Waals surface area contributed by atoms with Crippen LogP contribution >= 0.6 is 34.5 Å². The summed E-state index contributed by atoms with van der Waals surface area (Å²) in [6, 6.07) is 11.2. The molecule has 0 aliphatic carbocycles. The fraction of sp³-hybridized carbons (Fsp3) is 0.333. The highest BCUT2D eigenvalue weighted by atomic mass is 35.5. The number of ether oxygens (including phenoxy) is 2. The summed E-state index contributed by atoms with van der Waals surface area (Å²) in [7, 11) is 0. The number of rotatable bonds is 9. The van der Waals surface area contributed by atoms with Crippen molar-refractivity contribution < 1.29 is 19.4 Å². The van der Waals surface area contributed by atoms with Crippen LogP contribution in [0.1, 0.15) is 30.7 Å². The van der Waals surface area contributed by atoms with Crippen LogP contribution in [0.3, 0.4) is 0 Å². The molecule has 1 N–H and O–H groups in total. The summed E-state index contributed by atoms with van der Waals surface area (Å²) in [6.45, 7) is 5.26. The van der Waals surface area contributed by atoms with E-state index >= 15 is 0 Å². The maximum Gasteiger partial charge on any atom is 0.305 e. The number of aliphatic carboxylic acids is 1. The van der Waals surface area contributed by atoms with Gasteiger partial charge in [-0.15, -0.1) is 11.3 Å². The molecule has 0 saturated heterocycles. The quantitative estimate of drug-likeness (QED) is 0.355. The second kappa shape index (κ2) is 10.2. The number of halogens is 2. The highest BCUT2D eigenvalue weighted by Gasteiger charge is 2.23. The second-order valence-corrected chi connectivity index (χ2v) is 10.1. The Bertz CT molecular complexity index is 1170. The zero-order chi connectivity index (χ0) is 23.5. The molecule has 1 aromatic heterocycles. The Labute approximate surface area is 206 Å². The third-order valence-corrected chi connectivity index (χ3v) is 7.06. The van der Waals surface area contributed by atoms with Gasteiger partial charge in [-0.1, -0.05) is 55.2 Å². The molecule has 1 aliphatic heterocycles. The lowest BCUT2D eigenvalue weighted by atomic mass is 10.0. The van der Waals surface area contributed by atoms with E-state index in [4.69, 9.17) is 37.7 Å². The topological polar surface area (TPSA) is 71.9 Å². The van der Waals surface area contributed by atoms with E-state index in [0.717, 1.165) is 33.3 Å². The van der Waals surface area contributed by atoms with E-state index in [-0.39, 0.29) is 13.2 Å². The Balaban J connectivity index is 1.73. The minimum Gasteiger partial charge on any atom is -0.481 e. The number of hydrogen-bond donors (Lipinski definition) is 1. The van der Waals surface area contributed by atoms with E-state index in [1.807, 2.05) is 35.2 Å². The number of para-hydroxylation sites is 1. The largest absolute Gasteiger partial charge is 0.481 e. The number of carbonyl (C=O) groups is 1. The molecule has 0 amide bonds. The molecule has 174 valence electrons. The lowest BCUT2D eigenvalue weighted by Crippen LogP contribution is -2.25. The van der Waals surface area contributed by atoms with Crippen molar-refractivity contribution in [2.45, 2.75) is 33.2 Å². The van der Waals surface area contributed by atoms with Crippen LogP contribution in [0, 0.1) is 5.92 Å². The molecule has 0 fully saturated rings. The van der Waals surface area contributed by atoms with Gasteiger partial charge in [0, 0.05) is 29.1 Å². The van der Waals surface area contributed by atoms with Crippen molar-refractivity contribution in [2.24, 2.45) is 5.92 Å². The van der Waals surface area contributed by atoms with E-state index in [9.17, 15) is 9.90 Å². The molecular formula is C24H24Cl2N2O4S. The standard InChI is InChI=1S/C24H24Cl2N2O4S/c1-14(2)10-20-22(15-6-7-17(25)18(26)11-15)27-24(33-20)28(9-8-21(29)30)12-16-4-3-5-19-23(16)32-13-31-19/h3-7,11,14H,8-10,12-13H2,1-2H3,(H,29,30). The lowest BCUT2D eigenvalue weighted by molar-refractivity contribution is -0.136. The summed E-state index contributed by atoms with van der Waals surface area (Å²) >= 11 is 14.0. The molecular weight excluding hydrogens is 483 g/mol. The van der Waals surface area contributed by atoms with Crippen LogP contribution in [-0.2, 0) is 17.8 Å². The fourth-order valence-electron chi connectivity index (χ4n) is 3.65. The van der Waals surface area contributed by atoms with Crippen molar-refractivity contribution in [1.29, 1.82) is 0 Å². The average Bonchev–Trinajstić information content (AvgIpc) is 3.40. The minimum absolute atomic E-state index is 0.00637. The van der Waals surface area contributed by atoms with Crippen molar-refractivity contribution >= 4 is 45.6 Å². The number of thiazole rings is 1. The number of aromatic nitrogens is 1. The summed E-state index contributed by atoms with van der Waals surface area (Å²) in [6.07, 6.45) is 0.839. The van der Waals surface area contributed by atoms with Crippen LogP contribution in [0.4, 0.5) is 5.13 Å². The predicted molar refractivity (Wildman–Crippen MR) is 132 cm³/mol. The van der Waals surface area contributed by atoms with Crippen molar-refractivity contribution in [3.63, 3.8) is 0 Å². The first-order valence-corrected chi connectivity index (χ1v) is 12.2. The van der Waals surface area contributed by atoms with Gasteiger partial charge < -0.3 is 19.5 Å². The molecule has 6 nitrogen and oxygen atoms in total. The molecule has 9 heteroatoms. The van der Waals surface area contributed by atoms with E-state index in [1.165, 1.54) is 0 Å². The van der Waals surface area contributed by atoms with Crippen LogP contribution in [-0.4, -0.2) is 29.4 Å². The van der Waals surface area contributed by atoms with Gasteiger partial charge in [-0.3, -0.25) is 4.79 Å². The Hall–Kier alpha value is -2.48. The predicted octanol–water partition coefficient (Wildman–Crippen LogP) is 6.53. The summed E-state index contributed by atoms with van der Waals surface area (Å²) in [4.78, 5) is 19.4. The van der Waals surface area contributed by atoms with Crippen molar-refractivity contribution in [3.05, 3.63) is 56.9 Å². The number of carboxylic acid groups (broad SMARTS) is 1. The highest BCUT2D eigenvalue weighted by Crippen LogP contribution is 2.40. The van der Waals surface area contributed by atoms with Gasteiger partial charge in [0.05, 0.1) is 22.2 Å². The van der Waals surface area contributed by atoms with Gasteiger partial charge in [0.2, 0.25) is 6.79 Å². The van der Waals surface area contributed by atoms with Gasteiger partial charge in [-0.05, 0) is 30.5 Å². The Kier molecular flexibility index (Phi) is 7.32. The Morgan fingerprint density at radius 1 is 1.21 bits per heavy atom. The van der Waals surface area contributed by atoms with Gasteiger partial charge >= 0.3 is 5.97 Å². The molecule has 3 aromatic rings. The lowest BCUT2D eigenvalue weighted by Gasteiger charge is -2.22. The van der Waals surface area contributed by atoms with E-state index in [0.29, 0.717) is 40.6 Å². The summed E-state index contributed by atoms with van der Waals surface area (Å²) in [5.74, 6) is 0.958. The van der Waals surface area contributed by atoms with Gasteiger partial charge in [-0.25, -0.2) is 4.98 Å². The zero-order valence-electron chi connectivity index (χ0n) is 18.3. The molecule has 0 spiro atoms. The molecule has 0 saturated carbocycles. The molecule has 0 bridgehead atoms. The third-order valence-electron chi connectivity index (χ3n) is 5.18. The molecule has 0 unspecified atom stereocenters. The van der Waals surface area contributed by atoms with Crippen LogP contribution < -0.4 is 14.4 Å². The van der Waals surface area contributed by atoms with Crippen molar-refractivity contribution in [1.82, 2.24) is 4.98 Å². The highest BCUT2D eigenvalue weighted by molar-refractivity contribution is 7.16. The molecule has 1 aliphatic rings. The van der Waals surface area contributed by atoms with Gasteiger partial charge in [-0.2, -0.15) is 0 Å². The maximum atomic E-state index is 11.4. The first kappa shape index (κ1) is 23.7. The van der Waals surface area contributed by atoms with Gasteiger partial charge in [0.25, 0.3) is 0 Å². The van der Waals surface area contributed by atoms with Crippen LogP contribution in [0.2, 0.25) is 10.0 Å². The fourth-order valence-corrected chi connectivity index (χ4v) is 5.26. The van der Waals surface area contributed by atoms with Crippen LogP contribution in [0.5, 0.6) is 11.5 Å². The van der Waals surface area contributed by atoms with Crippen LogP contribution in [0.15, 0.2) is 36.4 Å². The second-order valence-electron chi connectivity index (χ2n) is 8.21. The first-order valence-electron chi connectivity index (χ1n) is 10.6. The molecule has 0 atom stereocenters. The molecule has 2 aromatic carbocycles. The monoisotopic (exact) mass is 506 g/mol. The number of benzene rings is 2. The van der Waals surface area contributed by atoms with Crippen LogP contribution in [0.25, 0.3) is 11.3 Å². The SMILES string of the molecule is CC(C)Cc1sc(N(CCC(=O)O)Cc2cccc3c2OCO3)nc1-c1ccc(Cl)c(Cl)c1. The smallest absolute Gasteiger partial charge is 0.305 e. The number of fused-ring (bicyclic) bond motifs is 1. The maximum absolute atomic E-state index is 11.4. The molecule has 0 radical (unpaired) electrons. The Morgan fingerprint density at radius 3 is 2.76 bits per heavy atom. The third kappa shape index (κ3) is 5.54.